The fourth-order valence-electron chi connectivity index (χ4n) is 1.90. The predicted octanol–water partition coefficient (Wildman–Crippen LogP) is 2.43. The molecule has 1 heterocycles. The molecule has 5 N–H and O–H groups in total. The highest BCUT2D eigenvalue weighted by molar-refractivity contribution is 6.05. The second-order valence-electron chi connectivity index (χ2n) is 5.35. The summed E-state index contributed by atoms with van der Waals surface area (Å²) in [6.45, 7) is 2.15. The van der Waals surface area contributed by atoms with Crippen molar-refractivity contribution in [3.63, 3.8) is 0 Å². The fourth-order valence-corrected chi connectivity index (χ4v) is 1.90. The number of aryl methyl sites for hydroxylation is 1. The molecule has 1 aromatic heterocycles. The Morgan fingerprint density at radius 1 is 1.11 bits per heavy atom. The number of aromatic nitrogens is 1. The number of rotatable bonds is 4. The van der Waals surface area contributed by atoms with Crippen molar-refractivity contribution in [2.24, 2.45) is 5.73 Å². The molecule has 2 aromatic rings. The third-order valence-corrected chi connectivity index (χ3v) is 3.10. The summed E-state index contributed by atoms with van der Waals surface area (Å²) < 4.78 is 31.7. The standard InChI is InChI=1S/C15H15N3O3.C2HF3O2/c1-9-5-10(8-16)6-13(17-9)18-14(19)11-3-2-4-12(7-11)15(20)21;3-2(4,5)1(6)7/h2-7H,8,16H2,1H3,(H,20,21)(H,17,18,19);(H,6,7). The normalized spacial score (nSPS) is 10.5. The number of anilines is 1. The Morgan fingerprint density at radius 2 is 1.68 bits per heavy atom. The van der Waals surface area contributed by atoms with Crippen LogP contribution in [-0.2, 0) is 11.3 Å². The van der Waals surface area contributed by atoms with E-state index in [2.05, 4.69) is 10.3 Å². The maximum absolute atomic E-state index is 12.1. The zero-order chi connectivity index (χ0) is 21.5. The van der Waals surface area contributed by atoms with E-state index in [0.717, 1.165) is 11.3 Å². The number of pyridine rings is 1. The van der Waals surface area contributed by atoms with E-state index < -0.39 is 24.0 Å². The van der Waals surface area contributed by atoms with E-state index in [9.17, 15) is 22.8 Å². The van der Waals surface area contributed by atoms with Gasteiger partial charge in [0.1, 0.15) is 5.82 Å². The largest absolute Gasteiger partial charge is 0.490 e. The number of nitrogens with zero attached hydrogens (tertiary/aromatic N) is 1. The molecule has 0 bridgehead atoms. The van der Waals surface area contributed by atoms with Gasteiger partial charge >= 0.3 is 18.1 Å². The lowest BCUT2D eigenvalue weighted by atomic mass is 10.1. The molecular weight excluding hydrogens is 383 g/mol. The highest BCUT2D eigenvalue weighted by Gasteiger charge is 2.38. The van der Waals surface area contributed by atoms with Crippen molar-refractivity contribution in [3.8, 4) is 0 Å². The molecule has 0 spiro atoms. The van der Waals surface area contributed by atoms with Crippen molar-refractivity contribution in [3.05, 3.63) is 58.8 Å². The molecule has 0 fully saturated rings. The van der Waals surface area contributed by atoms with Crippen LogP contribution in [0.4, 0.5) is 19.0 Å². The Labute approximate surface area is 156 Å². The molecule has 28 heavy (non-hydrogen) atoms. The summed E-state index contributed by atoms with van der Waals surface area (Å²) in [5.41, 5.74) is 7.49. The first kappa shape index (κ1) is 22.6. The molecule has 2 rings (SSSR count). The number of carboxylic acid groups (broad SMARTS) is 2. The minimum Gasteiger partial charge on any atom is -0.478 e. The minimum atomic E-state index is -5.08. The number of nitrogens with two attached hydrogens (primary N) is 1. The van der Waals surface area contributed by atoms with Crippen LogP contribution in [0, 0.1) is 6.92 Å². The van der Waals surface area contributed by atoms with Gasteiger partial charge in [0, 0.05) is 17.8 Å². The first-order valence-corrected chi connectivity index (χ1v) is 7.56. The lowest BCUT2D eigenvalue weighted by molar-refractivity contribution is -0.192. The Balaban J connectivity index is 0.000000480. The number of carbonyl (C=O) groups is 3. The van der Waals surface area contributed by atoms with Gasteiger partial charge in [-0.15, -0.1) is 0 Å². The Bertz CT molecular complexity index is 885. The Morgan fingerprint density at radius 3 is 2.18 bits per heavy atom. The number of hydrogen-bond donors (Lipinski definition) is 4. The SMILES string of the molecule is Cc1cc(CN)cc(NC(=O)c2cccc(C(=O)O)c2)n1.O=C(O)C(F)(F)F. The van der Waals surface area contributed by atoms with Crippen molar-refractivity contribution in [1.82, 2.24) is 4.98 Å². The molecule has 0 aliphatic carbocycles. The number of nitrogens with one attached hydrogen (secondary N) is 1. The van der Waals surface area contributed by atoms with Crippen molar-refractivity contribution >= 4 is 23.7 Å². The predicted molar refractivity (Wildman–Crippen MR) is 91.9 cm³/mol. The first-order chi connectivity index (χ1) is 12.9. The molecule has 0 aliphatic heterocycles. The zero-order valence-corrected chi connectivity index (χ0v) is 14.4. The number of alkyl halides is 3. The Hall–Kier alpha value is -3.47. The average Bonchev–Trinajstić information content (AvgIpc) is 2.60. The summed E-state index contributed by atoms with van der Waals surface area (Å²) >= 11 is 0. The van der Waals surface area contributed by atoms with Crippen LogP contribution in [0.2, 0.25) is 0 Å². The van der Waals surface area contributed by atoms with E-state index in [1.54, 1.807) is 19.1 Å². The number of aliphatic carboxylic acids is 1. The maximum atomic E-state index is 12.1. The van der Waals surface area contributed by atoms with Gasteiger partial charge in [-0.3, -0.25) is 4.79 Å². The van der Waals surface area contributed by atoms with Crippen LogP contribution in [0.15, 0.2) is 36.4 Å². The summed E-state index contributed by atoms with van der Waals surface area (Å²) in [7, 11) is 0. The minimum absolute atomic E-state index is 0.0579. The molecule has 0 unspecified atom stereocenters. The molecule has 11 heteroatoms. The molecule has 0 saturated heterocycles. The van der Waals surface area contributed by atoms with Crippen molar-refractivity contribution < 1.29 is 37.8 Å². The number of hydrogen-bond acceptors (Lipinski definition) is 5. The fraction of sp³-hybridized carbons (Fsp3) is 0.176. The molecule has 1 aromatic carbocycles. The third-order valence-electron chi connectivity index (χ3n) is 3.10. The van der Waals surface area contributed by atoms with Crippen LogP contribution in [0.3, 0.4) is 0 Å². The van der Waals surface area contributed by atoms with E-state index in [1.165, 1.54) is 18.2 Å². The number of halogens is 3. The Kier molecular flexibility index (Phi) is 7.63. The van der Waals surface area contributed by atoms with Gasteiger partial charge in [0.05, 0.1) is 5.56 Å². The first-order valence-electron chi connectivity index (χ1n) is 7.56. The van der Waals surface area contributed by atoms with Crippen molar-refractivity contribution in [2.75, 3.05) is 5.32 Å². The van der Waals surface area contributed by atoms with E-state index in [-0.39, 0.29) is 11.1 Å². The van der Waals surface area contributed by atoms with E-state index in [1.807, 2.05) is 6.07 Å². The summed E-state index contributed by atoms with van der Waals surface area (Å²) in [6.07, 6.45) is -5.08. The van der Waals surface area contributed by atoms with Gasteiger partial charge in [-0.05, 0) is 42.8 Å². The van der Waals surface area contributed by atoms with E-state index in [4.69, 9.17) is 20.7 Å². The van der Waals surface area contributed by atoms with Gasteiger partial charge in [0.15, 0.2) is 0 Å². The van der Waals surface area contributed by atoms with Gasteiger partial charge in [-0.2, -0.15) is 13.2 Å². The van der Waals surface area contributed by atoms with Crippen LogP contribution in [0.25, 0.3) is 0 Å². The summed E-state index contributed by atoms with van der Waals surface area (Å²) in [6, 6.07) is 9.33. The molecule has 0 radical (unpaired) electrons. The van der Waals surface area contributed by atoms with Gasteiger partial charge in [0.25, 0.3) is 5.91 Å². The molecule has 8 nitrogen and oxygen atoms in total. The number of aromatic carboxylic acids is 1. The lowest BCUT2D eigenvalue weighted by Gasteiger charge is -2.08. The highest BCUT2D eigenvalue weighted by atomic mass is 19.4. The number of benzene rings is 1. The second-order valence-corrected chi connectivity index (χ2v) is 5.35. The van der Waals surface area contributed by atoms with Crippen LogP contribution in [-0.4, -0.2) is 39.2 Å². The number of carboxylic acids is 2. The van der Waals surface area contributed by atoms with Crippen LogP contribution >= 0.6 is 0 Å². The number of amides is 1. The van der Waals surface area contributed by atoms with Crippen LogP contribution < -0.4 is 11.1 Å². The summed E-state index contributed by atoms with van der Waals surface area (Å²) in [4.78, 5) is 36.1. The van der Waals surface area contributed by atoms with E-state index >= 15 is 0 Å². The molecule has 0 atom stereocenters. The number of carbonyl (C=O) groups excluding carboxylic acids is 1. The third kappa shape index (κ3) is 7.03. The second kappa shape index (κ2) is 9.46. The van der Waals surface area contributed by atoms with Gasteiger partial charge < -0.3 is 21.3 Å². The molecule has 0 saturated carbocycles. The quantitative estimate of drug-likeness (QED) is 0.618. The molecular formula is C17H16F3N3O5. The maximum Gasteiger partial charge on any atom is 0.490 e. The van der Waals surface area contributed by atoms with E-state index in [0.29, 0.717) is 12.4 Å². The smallest absolute Gasteiger partial charge is 0.478 e. The van der Waals surface area contributed by atoms with Crippen LogP contribution in [0.1, 0.15) is 32.0 Å². The van der Waals surface area contributed by atoms with Crippen molar-refractivity contribution in [2.45, 2.75) is 19.6 Å². The lowest BCUT2D eigenvalue weighted by Crippen LogP contribution is -2.21. The zero-order valence-electron chi connectivity index (χ0n) is 14.4. The van der Waals surface area contributed by atoms with Gasteiger partial charge in [-0.1, -0.05) is 6.07 Å². The summed E-state index contributed by atoms with van der Waals surface area (Å²) in [5.74, 6) is -3.86. The van der Waals surface area contributed by atoms with Crippen molar-refractivity contribution in [1.29, 1.82) is 0 Å². The molecule has 0 aliphatic rings. The molecule has 150 valence electrons. The van der Waals surface area contributed by atoms with Gasteiger partial charge in [0.2, 0.25) is 0 Å². The average molecular weight is 399 g/mol. The van der Waals surface area contributed by atoms with Gasteiger partial charge in [-0.25, -0.2) is 14.6 Å². The molecule has 1 amide bonds. The highest BCUT2D eigenvalue weighted by Crippen LogP contribution is 2.13. The summed E-state index contributed by atoms with van der Waals surface area (Å²) in [5, 5.41) is 18.7. The van der Waals surface area contributed by atoms with Crippen LogP contribution in [0.5, 0.6) is 0 Å². The monoisotopic (exact) mass is 399 g/mol. The topological polar surface area (TPSA) is 143 Å².